The molecule has 4 rings (SSSR count). The topological polar surface area (TPSA) is 65.0 Å². The number of rotatable bonds is 4. The van der Waals surface area contributed by atoms with E-state index in [9.17, 15) is 9.59 Å². The van der Waals surface area contributed by atoms with Gasteiger partial charge in [0.25, 0.3) is 0 Å². The van der Waals surface area contributed by atoms with Crippen molar-refractivity contribution in [2.75, 3.05) is 7.11 Å². The van der Waals surface area contributed by atoms with Crippen LogP contribution in [-0.4, -0.2) is 30.7 Å². The molecule has 1 heterocycles. The van der Waals surface area contributed by atoms with Crippen molar-refractivity contribution in [2.45, 2.75) is 70.3 Å². The molecule has 1 fully saturated rings. The summed E-state index contributed by atoms with van der Waals surface area (Å²) in [5, 5.41) is 0. The third-order valence-corrected chi connectivity index (χ3v) is 6.40. The van der Waals surface area contributed by atoms with Crippen LogP contribution in [0.5, 0.6) is 5.75 Å². The monoisotopic (exact) mass is 395 g/mol. The highest BCUT2D eigenvalue weighted by Crippen LogP contribution is 2.44. The Morgan fingerprint density at radius 2 is 1.76 bits per heavy atom. The minimum atomic E-state index is -0.550. The normalized spacial score (nSPS) is 25.3. The summed E-state index contributed by atoms with van der Waals surface area (Å²) < 4.78 is 11.2. The number of Topliss-reactive ketones (excluding diaryl/α,β-unsaturated/α-hetero) is 1. The predicted molar refractivity (Wildman–Crippen MR) is 111 cm³/mol. The van der Waals surface area contributed by atoms with Crippen LogP contribution in [0.4, 0.5) is 0 Å². The van der Waals surface area contributed by atoms with Crippen LogP contribution in [0.25, 0.3) is 0 Å². The Morgan fingerprint density at radius 3 is 2.45 bits per heavy atom. The van der Waals surface area contributed by atoms with Crippen LogP contribution in [0.2, 0.25) is 0 Å². The minimum Gasteiger partial charge on any atom is -0.497 e. The summed E-state index contributed by atoms with van der Waals surface area (Å²) in [5.74, 6) is -0.272. The number of carbonyl (C=O) groups excluding carboxylic acids is 2. The summed E-state index contributed by atoms with van der Waals surface area (Å²) in [6.07, 6.45) is 7.37. The highest BCUT2D eigenvalue weighted by molar-refractivity contribution is 6.08. The smallest absolute Gasteiger partial charge is 0.315 e. The zero-order chi connectivity index (χ0) is 20.4. The molecular weight excluding hydrogens is 366 g/mol. The average Bonchev–Trinajstić information content (AvgIpc) is 2.73. The minimum absolute atomic E-state index is 0.0157. The van der Waals surface area contributed by atoms with Gasteiger partial charge in [-0.3, -0.25) is 14.6 Å². The Bertz CT molecular complexity index is 846. The van der Waals surface area contributed by atoms with Crippen LogP contribution in [0.15, 0.2) is 40.5 Å². The highest BCUT2D eigenvalue weighted by Gasteiger charge is 2.43. The van der Waals surface area contributed by atoms with Crippen molar-refractivity contribution in [3.8, 4) is 5.75 Å². The molecule has 3 aliphatic rings. The first-order valence-corrected chi connectivity index (χ1v) is 10.7. The number of esters is 1. The molecule has 0 bridgehead atoms. The molecule has 5 heteroatoms. The van der Waals surface area contributed by atoms with Gasteiger partial charge in [0.2, 0.25) is 0 Å². The summed E-state index contributed by atoms with van der Waals surface area (Å²) in [6, 6.07) is 7.67. The fraction of sp³-hybridized carbons (Fsp3) is 0.542. The van der Waals surface area contributed by atoms with E-state index in [1.54, 1.807) is 7.11 Å². The van der Waals surface area contributed by atoms with Gasteiger partial charge in [-0.25, -0.2) is 0 Å². The van der Waals surface area contributed by atoms with Crippen LogP contribution in [0, 0.1) is 5.92 Å². The van der Waals surface area contributed by atoms with Gasteiger partial charge in [-0.1, -0.05) is 18.6 Å². The zero-order valence-electron chi connectivity index (χ0n) is 17.3. The summed E-state index contributed by atoms with van der Waals surface area (Å²) >= 11 is 0. The van der Waals surface area contributed by atoms with E-state index in [0.717, 1.165) is 61.2 Å². The quantitative estimate of drug-likeness (QED) is 0.690. The first-order valence-electron chi connectivity index (χ1n) is 10.7. The van der Waals surface area contributed by atoms with E-state index in [-0.39, 0.29) is 23.8 Å². The molecule has 29 heavy (non-hydrogen) atoms. The second kappa shape index (κ2) is 8.52. The molecular formula is C24H29NO4. The van der Waals surface area contributed by atoms with Crippen molar-refractivity contribution in [2.24, 2.45) is 10.9 Å². The number of aliphatic imine (C=N–C) groups is 1. The summed E-state index contributed by atoms with van der Waals surface area (Å²) in [7, 11) is 1.63. The van der Waals surface area contributed by atoms with Gasteiger partial charge < -0.3 is 9.47 Å². The Balaban J connectivity index is 1.71. The number of allylic oxidation sites excluding steroid dienone is 2. The van der Waals surface area contributed by atoms with Gasteiger partial charge in [0, 0.05) is 29.3 Å². The van der Waals surface area contributed by atoms with Crippen molar-refractivity contribution in [1.82, 2.24) is 0 Å². The molecule has 0 amide bonds. The lowest BCUT2D eigenvalue weighted by Crippen LogP contribution is -2.38. The predicted octanol–water partition coefficient (Wildman–Crippen LogP) is 4.75. The Kier molecular flexibility index (Phi) is 5.84. The number of ketones is 1. The van der Waals surface area contributed by atoms with Gasteiger partial charge >= 0.3 is 5.97 Å². The van der Waals surface area contributed by atoms with Crippen LogP contribution >= 0.6 is 0 Å². The molecule has 2 aliphatic carbocycles. The molecule has 0 radical (unpaired) electrons. The first-order chi connectivity index (χ1) is 14.1. The Hall–Kier alpha value is -2.43. The maximum atomic E-state index is 13.3. The number of ether oxygens (including phenoxy) is 2. The lowest BCUT2D eigenvalue weighted by atomic mass is 9.71. The van der Waals surface area contributed by atoms with E-state index in [0.29, 0.717) is 12.0 Å². The van der Waals surface area contributed by atoms with E-state index in [2.05, 4.69) is 0 Å². The number of hydrogen-bond donors (Lipinski definition) is 0. The third kappa shape index (κ3) is 4.00. The van der Waals surface area contributed by atoms with Gasteiger partial charge in [-0.05, 0) is 63.1 Å². The second-order valence-corrected chi connectivity index (χ2v) is 8.32. The molecule has 2 atom stereocenters. The molecule has 1 aromatic rings. The van der Waals surface area contributed by atoms with Crippen LogP contribution in [0.1, 0.15) is 69.8 Å². The number of carbonyl (C=O) groups is 2. The van der Waals surface area contributed by atoms with Crippen LogP contribution in [0.3, 0.4) is 0 Å². The van der Waals surface area contributed by atoms with E-state index in [1.165, 1.54) is 6.42 Å². The van der Waals surface area contributed by atoms with Gasteiger partial charge in [0.1, 0.15) is 17.8 Å². The molecule has 1 unspecified atom stereocenters. The number of benzene rings is 1. The van der Waals surface area contributed by atoms with Crippen molar-refractivity contribution < 1.29 is 19.1 Å². The SMILES string of the molecule is COc1ccc([C@H]2C3=C(CCCC3=O)N=C(C)C2C(=O)OC2CCCCC2)cc1. The molecule has 0 N–H and O–H groups in total. The van der Waals surface area contributed by atoms with E-state index in [4.69, 9.17) is 14.5 Å². The van der Waals surface area contributed by atoms with Gasteiger partial charge in [-0.15, -0.1) is 0 Å². The van der Waals surface area contributed by atoms with Gasteiger partial charge in [-0.2, -0.15) is 0 Å². The van der Waals surface area contributed by atoms with E-state index in [1.807, 2.05) is 31.2 Å². The van der Waals surface area contributed by atoms with Crippen molar-refractivity contribution in [1.29, 1.82) is 0 Å². The van der Waals surface area contributed by atoms with Gasteiger partial charge in [0.15, 0.2) is 5.78 Å². The highest BCUT2D eigenvalue weighted by atomic mass is 16.5. The average molecular weight is 395 g/mol. The number of hydrogen-bond acceptors (Lipinski definition) is 5. The summed E-state index contributed by atoms with van der Waals surface area (Å²) in [6.45, 7) is 1.90. The van der Waals surface area contributed by atoms with Crippen LogP contribution < -0.4 is 4.74 Å². The van der Waals surface area contributed by atoms with E-state index >= 15 is 0 Å². The molecule has 1 aliphatic heterocycles. The maximum absolute atomic E-state index is 13.3. The maximum Gasteiger partial charge on any atom is 0.315 e. The zero-order valence-corrected chi connectivity index (χ0v) is 17.3. The van der Waals surface area contributed by atoms with Crippen molar-refractivity contribution in [3.63, 3.8) is 0 Å². The number of methoxy groups -OCH3 is 1. The number of nitrogens with zero attached hydrogens (tertiary/aromatic N) is 1. The molecule has 0 aromatic heterocycles. The van der Waals surface area contributed by atoms with Crippen molar-refractivity contribution >= 4 is 17.5 Å². The van der Waals surface area contributed by atoms with Crippen LogP contribution in [-0.2, 0) is 14.3 Å². The molecule has 1 saturated carbocycles. The van der Waals surface area contributed by atoms with Crippen molar-refractivity contribution in [3.05, 3.63) is 41.1 Å². The molecule has 1 aromatic carbocycles. The Labute approximate surface area is 172 Å². The third-order valence-electron chi connectivity index (χ3n) is 6.40. The lowest BCUT2D eigenvalue weighted by Gasteiger charge is -2.35. The second-order valence-electron chi connectivity index (χ2n) is 8.32. The largest absolute Gasteiger partial charge is 0.497 e. The molecule has 0 spiro atoms. The van der Waals surface area contributed by atoms with Gasteiger partial charge in [0.05, 0.1) is 7.11 Å². The standard InChI is InChI=1S/C24H29NO4/c1-15-21(24(27)29-18-7-4-3-5-8-18)22(16-11-13-17(28-2)14-12-16)23-19(25-15)9-6-10-20(23)26/h11-14,18,21-22H,3-10H2,1-2H3/t21?,22-/m1/s1. The fourth-order valence-corrected chi connectivity index (χ4v) is 4.90. The fourth-order valence-electron chi connectivity index (χ4n) is 4.90. The Morgan fingerprint density at radius 1 is 1.03 bits per heavy atom. The molecule has 5 nitrogen and oxygen atoms in total. The molecule has 0 saturated heterocycles. The first kappa shape index (κ1) is 19.9. The lowest BCUT2D eigenvalue weighted by molar-refractivity contribution is -0.153. The van der Waals surface area contributed by atoms with E-state index < -0.39 is 5.92 Å². The molecule has 154 valence electrons. The summed E-state index contributed by atoms with van der Waals surface area (Å²) in [4.78, 5) is 30.9. The summed E-state index contributed by atoms with van der Waals surface area (Å²) in [5.41, 5.74) is 3.24.